The van der Waals surface area contributed by atoms with E-state index in [0.717, 1.165) is 23.8 Å². The van der Waals surface area contributed by atoms with Crippen LogP contribution in [0, 0.1) is 0 Å². The number of nitrogen functional groups attached to an aromatic ring is 1. The van der Waals surface area contributed by atoms with E-state index in [4.69, 9.17) is 30.7 Å². The Morgan fingerprint density at radius 1 is 1.30 bits per heavy atom. The van der Waals surface area contributed by atoms with Gasteiger partial charge in [-0.3, -0.25) is 9.09 Å². The van der Waals surface area contributed by atoms with Gasteiger partial charge >= 0.3 is 29.2 Å². The smallest absolute Gasteiger partial charge is 0.383 e. The monoisotopic (exact) mass is 542 g/mol. The maximum Gasteiger partial charge on any atom is 0.490 e. The lowest BCUT2D eigenvalue weighted by Crippen LogP contribution is -2.51. The van der Waals surface area contributed by atoms with Gasteiger partial charge in [0.25, 0.3) is 0 Å². The number of nitrogens with two attached hydrogens (primary N) is 1. The number of alkyl halides is 1. The number of halogens is 1. The molecule has 0 aliphatic carbocycles. The van der Waals surface area contributed by atoms with Crippen LogP contribution in [0.4, 0.5) is 10.2 Å². The van der Waals surface area contributed by atoms with Crippen LogP contribution in [0.25, 0.3) is 10.4 Å². The molecule has 5 atom stereocenters. The van der Waals surface area contributed by atoms with Crippen molar-refractivity contribution in [3.05, 3.63) is 33.2 Å². The van der Waals surface area contributed by atoms with Gasteiger partial charge in [-0.15, -0.1) is 0 Å². The van der Waals surface area contributed by atoms with Crippen molar-refractivity contribution in [1.82, 2.24) is 9.55 Å². The highest BCUT2D eigenvalue weighted by Crippen LogP contribution is 2.66. The molecule has 1 rings (SSSR count). The molecule has 7 N–H and O–H groups in total. The number of phosphoric ester groups is 1. The maximum absolute atomic E-state index is 14.1. The fraction of sp³-hybridized carbons (Fsp3) is 0.600. The standard InChI is InChI=1S/C10H18FN6O13P3/c1-6(17-3-2-7(12)15-9(17)19)28-10(8(11)18,4-14-16-13)5-27-32(23,24)30-33(25,26)29-31(20,21)22/h2-3,6,8,18H,4-5H2,1H3,(H,23,24)(H,25,26)(H2,12,15,19)(H2,20,21,22)/t6-,8-,10?/m1/s1. The second-order valence-corrected chi connectivity index (χ2v) is 10.3. The lowest BCUT2D eigenvalue weighted by atomic mass is 10.1. The number of aromatic nitrogens is 2. The summed E-state index contributed by atoms with van der Waals surface area (Å²) in [6.07, 6.45) is -3.58. The Kier molecular flexibility index (Phi) is 9.86. The molecule has 188 valence electrons. The first-order valence-corrected chi connectivity index (χ1v) is 12.6. The van der Waals surface area contributed by atoms with E-state index >= 15 is 0 Å². The zero-order valence-corrected chi connectivity index (χ0v) is 18.9. The Balaban J connectivity index is 3.19. The summed E-state index contributed by atoms with van der Waals surface area (Å²) in [5.41, 5.74) is 10.0. The van der Waals surface area contributed by atoms with Crippen molar-refractivity contribution in [1.29, 1.82) is 0 Å². The number of nitrogens with zero attached hydrogens (tertiary/aromatic N) is 5. The van der Waals surface area contributed by atoms with E-state index in [1.165, 1.54) is 0 Å². The summed E-state index contributed by atoms with van der Waals surface area (Å²) in [5.74, 6) is -0.179. The van der Waals surface area contributed by atoms with Crippen LogP contribution in [-0.4, -0.2) is 59.3 Å². The normalized spacial score (nSPS) is 19.4. The maximum atomic E-state index is 14.1. The molecular weight excluding hydrogens is 524 g/mol. The van der Waals surface area contributed by atoms with Crippen molar-refractivity contribution in [2.45, 2.75) is 25.1 Å². The molecule has 0 aromatic carbocycles. The van der Waals surface area contributed by atoms with Crippen molar-refractivity contribution >= 4 is 29.3 Å². The van der Waals surface area contributed by atoms with E-state index in [1.54, 1.807) is 0 Å². The van der Waals surface area contributed by atoms with Gasteiger partial charge in [-0.2, -0.15) is 13.6 Å². The van der Waals surface area contributed by atoms with Crippen LogP contribution in [0.15, 0.2) is 22.2 Å². The van der Waals surface area contributed by atoms with Gasteiger partial charge in [0.2, 0.25) is 6.36 Å². The Morgan fingerprint density at radius 3 is 2.39 bits per heavy atom. The summed E-state index contributed by atoms with van der Waals surface area (Å²) < 4.78 is 65.3. The number of rotatable bonds is 13. The molecule has 19 nitrogen and oxygen atoms in total. The highest BCUT2D eigenvalue weighted by atomic mass is 31.3. The number of aliphatic hydroxyl groups excluding tert-OH is 1. The van der Waals surface area contributed by atoms with Gasteiger partial charge in [-0.25, -0.2) is 22.9 Å². The van der Waals surface area contributed by atoms with E-state index in [9.17, 15) is 32.9 Å². The molecule has 1 aromatic heterocycles. The summed E-state index contributed by atoms with van der Waals surface area (Å²) in [4.78, 5) is 53.3. The van der Waals surface area contributed by atoms with Crippen molar-refractivity contribution in [2.24, 2.45) is 5.11 Å². The van der Waals surface area contributed by atoms with Gasteiger partial charge in [-0.1, -0.05) is 5.11 Å². The van der Waals surface area contributed by atoms with E-state index in [2.05, 4.69) is 28.2 Å². The minimum Gasteiger partial charge on any atom is -0.383 e. The van der Waals surface area contributed by atoms with E-state index in [0.29, 0.717) is 0 Å². The molecule has 0 bridgehead atoms. The first-order valence-electron chi connectivity index (χ1n) is 8.06. The summed E-state index contributed by atoms with van der Waals surface area (Å²) in [5, 5.41) is 12.5. The quantitative estimate of drug-likeness (QED) is 0.0829. The molecule has 0 amide bonds. The van der Waals surface area contributed by atoms with Gasteiger partial charge in [0.1, 0.15) is 12.0 Å². The Morgan fingerprint density at radius 2 is 1.91 bits per heavy atom. The van der Waals surface area contributed by atoms with Crippen LogP contribution in [0.3, 0.4) is 0 Å². The van der Waals surface area contributed by atoms with Crippen molar-refractivity contribution < 1.29 is 60.6 Å². The molecule has 0 aliphatic rings. The van der Waals surface area contributed by atoms with Gasteiger partial charge in [-0.05, 0) is 18.5 Å². The third kappa shape index (κ3) is 9.56. The first-order chi connectivity index (χ1) is 14.9. The van der Waals surface area contributed by atoms with Gasteiger partial charge in [0.15, 0.2) is 5.60 Å². The van der Waals surface area contributed by atoms with Crippen LogP contribution >= 0.6 is 23.5 Å². The van der Waals surface area contributed by atoms with Gasteiger partial charge < -0.3 is 35.2 Å². The molecular formula is C10H18FN6O13P3. The highest BCUT2D eigenvalue weighted by Gasteiger charge is 2.46. The minimum atomic E-state index is -5.89. The lowest BCUT2D eigenvalue weighted by Gasteiger charge is -2.35. The molecule has 0 saturated heterocycles. The van der Waals surface area contributed by atoms with Crippen LogP contribution < -0.4 is 11.4 Å². The first kappa shape index (κ1) is 29.3. The van der Waals surface area contributed by atoms with E-state index < -0.39 is 60.5 Å². The third-order valence-corrected chi connectivity index (χ3v) is 7.15. The minimum absolute atomic E-state index is 0.179. The zero-order chi connectivity index (χ0) is 25.7. The number of ether oxygens (including phenoxy) is 1. The van der Waals surface area contributed by atoms with Crippen LogP contribution in [0.2, 0.25) is 0 Å². The predicted molar refractivity (Wildman–Crippen MR) is 102 cm³/mol. The highest BCUT2D eigenvalue weighted by molar-refractivity contribution is 7.66. The topological polar surface area (TPSA) is 299 Å². The summed E-state index contributed by atoms with van der Waals surface area (Å²) in [6.45, 7) is -1.54. The fourth-order valence-corrected chi connectivity index (χ4v) is 5.14. The van der Waals surface area contributed by atoms with Gasteiger partial charge in [0.05, 0.1) is 13.2 Å². The van der Waals surface area contributed by atoms with Crippen molar-refractivity contribution in [3.8, 4) is 0 Å². The number of anilines is 1. The SMILES string of the molecule is C[C@@H](OC(CN=[N+]=[N-])(COP(=O)(O)OP(=O)(O)OP(=O)(O)O)[C@@H](O)F)n1ccc(N)nc1=O. The third-order valence-electron chi connectivity index (χ3n) is 3.37. The molecule has 3 unspecified atom stereocenters. The molecule has 0 radical (unpaired) electrons. The second-order valence-electron chi connectivity index (χ2n) is 5.91. The Labute approximate surface area is 182 Å². The fourth-order valence-electron chi connectivity index (χ4n) is 2.06. The second kappa shape index (κ2) is 11.1. The van der Waals surface area contributed by atoms with Crippen molar-refractivity contribution in [3.63, 3.8) is 0 Å². The van der Waals surface area contributed by atoms with Crippen LogP contribution in [-0.2, 0) is 31.6 Å². The van der Waals surface area contributed by atoms with Crippen LogP contribution in [0.1, 0.15) is 13.2 Å². The average Bonchev–Trinajstić information content (AvgIpc) is 2.60. The number of hydrogen-bond donors (Lipinski definition) is 6. The van der Waals surface area contributed by atoms with E-state index in [-0.39, 0.29) is 5.82 Å². The molecule has 0 fully saturated rings. The number of azide groups is 1. The molecule has 0 spiro atoms. The van der Waals surface area contributed by atoms with Crippen LogP contribution in [0.5, 0.6) is 0 Å². The number of hydrogen-bond acceptors (Lipinski definition) is 12. The molecule has 23 heteroatoms. The Hall–Kier alpha value is -1.75. The predicted octanol–water partition coefficient (Wildman–Crippen LogP) is 0.0409. The van der Waals surface area contributed by atoms with Crippen molar-refractivity contribution in [2.75, 3.05) is 18.9 Å². The number of phosphoric acid groups is 3. The molecule has 1 heterocycles. The Bertz CT molecular complexity index is 1090. The number of aliphatic hydroxyl groups is 1. The summed E-state index contributed by atoms with van der Waals surface area (Å²) in [6, 6.07) is 1.15. The largest absolute Gasteiger partial charge is 0.490 e. The zero-order valence-electron chi connectivity index (χ0n) is 16.3. The lowest BCUT2D eigenvalue weighted by molar-refractivity contribution is -0.219. The molecule has 0 aliphatic heterocycles. The summed E-state index contributed by atoms with van der Waals surface area (Å²) >= 11 is 0. The van der Waals surface area contributed by atoms with E-state index in [1.807, 2.05) is 0 Å². The molecule has 1 aromatic rings. The van der Waals surface area contributed by atoms with Gasteiger partial charge in [0, 0.05) is 11.1 Å². The summed E-state index contributed by atoms with van der Waals surface area (Å²) in [7, 11) is -17.3. The molecule has 33 heavy (non-hydrogen) atoms. The average molecular weight is 542 g/mol. The molecule has 0 saturated carbocycles.